The molecule has 0 radical (unpaired) electrons. The van der Waals surface area contributed by atoms with E-state index in [0.29, 0.717) is 0 Å². The third-order valence-corrected chi connectivity index (χ3v) is 5.32. The molecule has 2 aliphatic heterocycles. The number of hydrogen-bond donors (Lipinski definition) is 1. The second kappa shape index (κ2) is 12.3. The molecule has 2 fully saturated rings. The molecule has 2 aliphatic rings. The average molecular weight is 466 g/mol. The zero-order valence-electron chi connectivity index (χ0n) is 16.7. The zero-order chi connectivity index (χ0) is 17.4. The van der Waals surface area contributed by atoms with E-state index in [9.17, 15) is 0 Å². The van der Waals surface area contributed by atoms with Crippen molar-refractivity contribution in [3.05, 3.63) is 0 Å². The maximum Gasteiger partial charge on any atom is 0.193 e. The molecule has 0 aromatic carbocycles. The van der Waals surface area contributed by atoms with E-state index in [2.05, 4.69) is 35.9 Å². The predicted octanol–water partition coefficient (Wildman–Crippen LogP) is 2.91. The van der Waals surface area contributed by atoms with E-state index < -0.39 is 0 Å². The molecule has 5 nitrogen and oxygen atoms in total. The molecule has 0 aromatic heterocycles. The number of piperidine rings is 2. The van der Waals surface area contributed by atoms with Gasteiger partial charge in [0.2, 0.25) is 0 Å². The molecule has 2 heterocycles. The largest absolute Gasteiger partial charge is 0.383 e. The molecule has 1 N–H and O–H groups in total. The summed E-state index contributed by atoms with van der Waals surface area (Å²) >= 11 is 0. The van der Waals surface area contributed by atoms with Crippen LogP contribution in [-0.2, 0) is 4.74 Å². The van der Waals surface area contributed by atoms with Crippen molar-refractivity contribution in [2.45, 2.75) is 40.0 Å². The summed E-state index contributed by atoms with van der Waals surface area (Å²) in [5, 5.41) is 3.52. The van der Waals surface area contributed by atoms with Crippen LogP contribution in [-0.4, -0.2) is 75.3 Å². The summed E-state index contributed by atoms with van der Waals surface area (Å²) in [5.41, 5.74) is 0. The Morgan fingerprint density at radius 3 is 2.36 bits per heavy atom. The van der Waals surface area contributed by atoms with E-state index in [0.717, 1.165) is 63.0 Å². The number of aliphatic imine (C=N–C) groups is 1. The maximum absolute atomic E-state index is 5.18. The highest BCUT2D eigenvalue weighted by atomic mass is 127. The van der Waals surface area contributed by atoms with E-state index in [4.69, 9.17) is 9.73 Å². The maximum atomic E-state index is 5.18. The fraction of sp³-hybridized carbons (Fsp3) is 0.947. The van der Waals surface area contributed by atoms with Crippen molar-refractivity contribution < 1.29 is 4.74 Å². The summed E-state index contributed by atoms with van der Waals surface area (Å²) in [5.74, 6) is 3.40. The zero-order valence-corrected chi connectivity index (χ0v) is 19.0. The number of rotatable bonds is 6. The van der Waals surface area contributed by atoms with Crippen molar-refractivity contribution in [2.75, 3.05) is 59.5 Å². The lowest BCUT2D eigenvalue weighted by Gasteiger charge is -2.37. The minimum absolute atomic E-state index is 0. The summed E-state index contributed by atoms with van der Waals surface area (Å²) in [6.45, 7) is 15.4. The molecular weight excluding hydrogens is 427 g/mol. The summed E-state index contributed by atoms with van der Waals surface area (Å²) in [6, 6.07) is 0. The molecule has 6 heteroatoms. The Kier molecular flexibility index (Phi) is 11.3. The molecule has 2 atom stereocenters. The smallest absolute Gasteiger partial charge is 0.193 e. The first-order valence-electron chi connectivity index (χ1n) is 9.86. The number of nitrogens with zero attached hydrogens (tertiary/aromatic N) is 3. The molecule has 25 heavy (non-hydrogen) atoms. The van der Waals surface area contributed by atoms with Gasteiger partial charge in [0.05, 0.1) is 6.61 Å². The van der Waals surface area contributed by atoms with Gasteiger partial charge in [-0.3, -0.25) is 4.99 Å². The Hall–Kier alpha value is -0.0800. The molecular formula is C19H39IN4O. The van der Waals surface area contributed by atoms with Crippen molar-refractivity contribution in [2.24, 2.45) is 22.7 Å². The summed E-state index contributed by atoms with van der Waals surface area (Å²) < 4.78 is 5.18. The van der Waals surface area contributed by atoms with Gasteiger partial charge in [-0.15, -0.1) is 24.0 Å². The SMILES string of the molecule is CCNC(=NCC1CCN(CCOC)CC1)N1CC(C)CC(C)C1.I. The van der Waals surface area contributed by atoms with Crippen LogP contribution in [0, 0.1) is 17.8 Å². The first kappa shape index (κ1) is 23.0. The minimum Gasteiger partial charge on any atom is -0.383 e. The Labute approximate surface area is 172 Å². The van der Waals surface area contributed by atoms with Crippen molar-refractivity contribution >= 4 is 29.9 Å². The second-order valence-electron chi connectivity index (χ2n) is 7.82. The van der Waals surface area contributed by atoms with Crippen LogP contribution in [0.5, 0.6) is 0 Å². The lowest BCUT2D eigenvalue weighted by molar-refractivity contribution is 0.121. The molecule has 0 amide bonds. The van der Waals surface area contributed by atoms with Crippen LogP contribution >= 0.6 is 24.0 Å². The second-order valence-corrected chi connectivity index (χ2v) is 7.82. The van der Waals surface area contributed by atoms with E-state index in [1.165, 1.54) is 32.4 Å². The van der Waals surface area contributed by atoms with E-state index in [1.54, 1.807) is 7.11 Å². The normalized spacial score (nSPS) is 26.4. The summed E-state index contributed by atoms with van der Waals surface area (Å²) in [7, 11) is 1.78. The van der Waals surface area contributed by atoms with Crippen LogP contribution < -0.4 is 5.32 Å². The number of halogens is 1. The van der Waals surface area contributed by atoms with Crippen LogP contribution in [0.1, 0.15) is 40.0 Å². The highest BCUT2D eigenvalue weighted by Gasteiger charge is 2.24. The molecule has 148 valence electrons. The van der Waals surface area contributed by atoms with Crippen molar-refractivity contribution in [3.8, 4) is 0 Å². The van der Waals surface area contributed by atoms with Gasteiger partial charge in [-0.2, -0.15) is 0 Å². The lowest BCUT2D eigenvalue weighted by Crippen LogP contribution is -2.48. The van der Waals surface area contributed by atoms with Gasteiger partial charge in [-0.05, 0) is 57.0 Å². The number of hydrogen-bond acceptors (Lipinski definition) is 3. The highest BCUT2D eigenvalue weighted by molar-refractivity contribution is 14.0. The molecule has 2 unspecified atom stereocenters. The summed E-state index contributed by atoms with van der Waals surface area (Å²) in [4.78, 5) is 10.0. The van der Waals surface area contributed by atoms with E-state index in [-0.39, 0.29) is 24.0 Å². The van der Waals surface area contributed by atoms with Crippen molar-refractivity contribution in [1.82, 2.24) is 15.1 Å². The van der Waals surface area contributed by atoms with Gasteiger partial charge in [0.25, 0.3) is 0 Å². The van der Waals surface area contributed by atoms with Gasteiger partial charge in [-0.1, -0.05) is 13.8 Å². The van der Waals surface area contributed by atoms with Crippen LogP contribution in [0.25, 0.3) is 0 Å². The van der Waals surface area contributed by atoms with Crippen molar-refractivity contribution in [1.29, 1.82) is 0 Å². The minimum atomic E-state index is 0. The fourth-order valence-corrected chi connectivity index (χ4v) is 4.09. The van der Waals surface area contributed by atoms with Gasteiger partial charge < -0.3 is 19.9 Å². The quantitative estimate of drug-likeness (QED) is 0.371. The monoisotopic (exact) mass is 466 g/mol. The number of likely N-dealkylation sites (tertiary alicyclic amines) is 2. The first-order valence-corrected chi connectivity index (χ1v) is 9.86. The Morgan fingerprint density at radius 2 is 1.80 bits per heavy atom. The molecule has 0 spiro atoms. The van der Waals surface area contributed by atoms with Gasteiger partial charge in [0.15, 0.2) is 5.96 Å². The van der Waals surface area contributed by atoms with Gasteiger partial charge in [0.1, 0.15) is 0 Å². The fourth-order valence-electron chi connectivity index (χ4n) is 4.09. The topological polar surface area (TPSA) is 40.1 Å². The van der Waals surface area contributed by atoms with Gasteiger partial charge >= 0.3 is 0 Å². The predicted molar refractivity (Wildman–Crippen MR) is 117 cm³/mol. The van der Waals surface area contributed by atoms with Crippen LogP contribution in [0.2, 0.25) is 0 Å². The molecule has 0 saturated carbocycles. The molecule has 0 bridgehead atoms. The van der Waals surface area contributed by atoms with Gasteiger partial charge in [-0.25, -0.2) is 0 Å². The van der Waals surface area contributed by atoms with Crippen molar-refractivity contribution in [3.63, 3.8) is 0 Å². The lowest BCUT2D eigenvalue weighted by atomic mass is 9.92. The third kappa shape index (κ3) is 7.99. The average Bonchev–Trinajstić information content (AvgIpc) is 2.57. The number of nitrogens with one attached hydrogen (secondary N) is 1. The number of guanidine groups is 1. The molecule has 2 saturated heterocycles. The van der Waals surface area contributed by atoms with Gasteiger partial charge in [0, 0.05) is 39.8 Å². The highest BCUT2D eigenvalue weighted by Crippen LogP contribution is 2.22. The standard InChI is InChI=1S/C19H38N4O.HI/c1-5-20-19(23-14-16(2)12-17(3)15-23)21-13-18-6-8-22(9-7-18)10-11-24-4;/h16-18H,5-15H2,1-4H3,(H,20,21);1H. The third-order valence-electron chi connectivity index (χ3n) is 5.32. The van der Waals surface area contributed by atoms with E-state index in [1.807, 2.05) is 0 Å². The van der Waals surface area contributed by atoms with E-state index >= 15 is 0 Å². The Balaban J connectivity index is 0.00000312. The molecule has 2 rings (SSSR count). The van der Waals surface area contributed by atoms with Crippen LogP contribution in [0.15, 0.2) is 4.99 Å². The first-order chi connectivity index (χ1) is 11.6. The molecule has 0 aromatic rings. The van der Waals surface area contributed by atoms with Crippen LogP contribution in [0.3, 0.4) is 0 Å². The van der Waals surface area contributed by atoms with Crippen LogP contribution in [0.4, 0.5) is 0 Å². The summed E-state index contributed by atoms with van der Waals surface area (Å²) in [6.07, 6.45) is 3.87. The number of ether oxygens (including phenoxy) is 1. The Morgan fingerprint density at radius 1 is 1.16 bits per heavy atom. The molecule has 0 aliphatic carbocycles. The number of methoxy groups -OCH3 is 1. The Bertz CT molecular complexity index is 376.